The normalized spacial score (nSPS) is 15.4. The molecule has 10 heteroatoms. The number of aliphatic imine (C=N–C) groups is 1. The van der Waals surface area contributed by atoms with Crippen LogP contribution in [0.3, 0.4) is 0 Å². The molecular weight excluding hydrogens is 508 g/mol. The van der Waals surface area contributed by atoms with Gasteiger partial charge in [0.15, 0.2) is 0 Å². The Morgan fingerprint density at radius 2 is 1.55 bits per heavy atom. The number of nitrogens with zero attached hydrogens (tertiary/aromatic N) is 5. The maximum absolute atomic E-state index is 12.3. The van der Waals surface area contributed by atoms with Gasteiger partial charge in [-0.1, -0.05) is 12.1 Å². The molecule has 3 rings (SSSR count). The fourth-order valence-electron chi connectivity index (χ4n) is 4.79. The average Bonchev–Trinajstić information content (AvgIpc) is 2.85. The van der Waals surface area contributed by atoms with E-state index in [4.69, 9.17) is 9.47 Å². The maximum atomic E-state index is 12.3. The van der Waals surface area contributed by atoms with E-state index in [1.807, 2.05) is 38.4 Å². The molecule has 0 atom stereocenters. The molecule has 40 heavy (non-hydrogen) atoms. The summed E-state index contributed by atoms with van der Waals surface area (Å²) in [7, 11) is 0. The SMILES string of the molecule is Cc1cccnc1CN(Cc1ncccc1C)C1CCN(CC(C)(C)OC(=O)/N=C/NC(=O)OC(C)(C)C)CC1. The van der Waals surface area contributed by atoms with E-state index in [0.717, 1.165) is 56.7 Å². The zero-order chi connectivity index (χ0) is 29.3. The van der Waals surface area contributed by atoms with Crippen molar-refractivity contribution < 1.29 is 19.1 Å². The number of aryl methyl sites for hydroxylation is 2. The van der Waals surface area contributed by atoms with E-state index in [1.54, 1.807) is 20.8 Å². The quantitative estimate of drug-likeness (QED) is 0.341. The van der Waals surface area contributed by atoms with E-state index in [0.29, 0.717) is 12.6 Å². The minimum atomic E-state index is -0.765. The van der Waals surface area contributed by atoms with Gasteiger partial charge in [-0.05, 0) is 97.7 Å². The summed E-state index contributed by atoms with van der Waals surface area (Å²) in [6, 6.07) is 8.55. The third-order valence-corrected chi connectivity index (χ3v) is 6.73. The highest BCUT2D eigenvalue weighted by atomic mass is 16.6. The fraction of sp³-hybridized carbons (Fsp3) is 0.567. The summed E-state index contributed by atoms with van der Waals surface area (Å²) in [4.78, 5) is 41.8. The zero-order valence-corrected chi connectivity index (χ0v) is 24.9. The Labute approximate surface area is 238 Å². The lowest BCUT2D eigenvalue weighted by molar-refractivity contribution is 0.00188. The first-order valence-electron chi connectivity index (χ1n) is 13.8. The van der Waals surface area contributed by atoms with Gasteiger partial charge in [-0.2, -0.15) is 4.99 Å². The van der Waals surface area contributed by atoms with E-state index in [9.17, 15) is 9.59 Å². The number of ether oxygens (including phenoxy) is 2. The summed E-state index contributed by atoms with van der Waals surface area (Å²) < 4.78 is 10.7. The molecule has 3 heterocycles. The predicted octanol–water partition coefficient (Wildman–Crippen LogP) is 5.03. The Kier molecular flexibility index (Phi) is 10.8. The second kappa shape index (κ2) is 13.8. The lowest BCUT2D eigenvalue weighted by Gasteiger charge is -2.40. The van der Waals surface area contributed by atoms with Crippen LogP contribution < -0.4 is 5.32 Å². The predicted molar refractivity (Wildman–Crippen MR) is 155 cm³/mol. The number of pyridine rings is 2. The van der Waals surface area contributed by atoms with E-state index in [-0.39, 0.29) is 0 Å². The number of amides is 2. The second-order valence-electron chi connectivity index (χ2n) is 12.0. The van der Waals surface area contributed by atoms with Crippen LogP contribution >= 0.6 is 0 Å². The molecule has 10 nitrogen and oxygen atoms in total. The van der Waals surface area contributed by atoms with Crippen molar-refractivity contribution in [2.24, 2.45) is 4.99 Å². The van der Waals surface area contributed by atoms with Crippen LogP contribution in [0.4, 0.5) is 9.59 Å². The molecule has 0 unspecified atom stereocenters. The third kappa shape index (κ3) is 10.3. The highest BCUT2D eigenvalue weighted by molar-refractivity contribution is 5.87. The van der Waals surface area contributed by atoms with Crippen molar-refractivity contribution in [3.63, 3.8) is 0 Å². The van der Waals surface area contributed by atoms with Gasteiger partial charge < -0.3 is 9.47 Å². The summed E-state index contributed by atoms with van der Waals surface area (Å²) in [6.45, 7) is 17.1. The van der Waals surface area contributed by atoms with Gasteiger partial charge in [0.05, 0.1) is 11.4 Å². The van der Waals surface area contributed by atoms with Crippen molar-refractivity contribution in [3.8, 4) is 0 Å². The van der Waals surface area contributed by atoms with Crippen LogP contribution in [-0.4, -0.2) is 75.2 Å². The number of alkyl carbamates (subject to hydrolysis) is 1. The van der Waals surface area contributed by atoms with E-state index >= 15 is 0 Å². The highest BCUT2D eigenvalue weighted by Crippen LogP contribution is 2.24. The van der Waals surface area contributed by atoms with E-state index in [2.05, 4.69) is 56.1 Å². The fourth-order valence-corrected chi connectivity index (χ4v) is 4.79. The number of nitrogens with one attached hydrogen (secondary N) is 1. The lowest BCUT2D eigenvalue weighted by atomic mass is 9.99. The van der Waals surface area contributed by atoms with Crippen molar-refractivity contribution in [2.45, 2.75) is 91.6 Å². The Bertz CT molecular complexity index is 1120. The molecule has 1 aliphatic rings. The molecule has 0 radical (unpaired) electrons. The summed E-state index contributed by atoms with van der Waals surface area (Å²) in [6.07, 6.45) is 5.24. The molecule has 0 aliphatic carbocycles. The number of piperidine rings is 1. The van der Waals surface area contributed by atoms with Crippen LogP contribution in [0.25, 0.3) is 0 Å². The lowest BCUT2D eigenvalue weighted by Crippen LogP contribution is -2.49. The van der Waals surface area contributed by atoms with Crippen molar-refractivity contribution in [3.05, 3.63) is 59.2 Å². The molecule has 1 fully saturated rings. The smallest absolute Gasteiger partial charge is 0.435 e. The Morgan fingerprint density at radius 3 is 2.05 bits per heavy atom. The Morgan fingerprint density at radius 1 is 1.00 bits per heavy atom. The van der Waals surface area contributed by atoms with Crippen LogP contribution in [-0.2, 0) is 22.6 Å². The Balaban J connectivity index is 1.55. The number of rotatable bonds is 9. The number of hydrogen-bond acceptors (Lipinski definition) is 8. The number of aromatic nitrogens is 2. The molecule has 2 amide bonds. The summed E-state index contributed by atoms with van der Waals surface area (Å²) in [5.74, 6) is 0. The van der Waals surface area contributed by atoms with Gasteiger partial charge in [0.1, 0.15) is 17.5 Å². The zero-order valence-electron chi connectivity index (χ0n) is 24.9. The van der Waals surface area contributed by atoms with Gasteiger partial charge in [0.25, 0.3) is 0 Å². The molecule has 2 aromatic heterocycles. The summed E-state index contributed by atoms with van der Waals surface area (Å²) >= 11 is 0. The first-order chi connectivity index (χ1) is 18.8. The topological polar surface area (TPSA) is 109 Å². The molecule has 0 saturated carbocycles. The molecular formula is C30H44N6O4. The maximum Gasteiger partial charge on any atom is 0.435 e. The molecule has 1 N–H and O–H groups in total. The van der Waals surface area contributed by atoms with Gasteiger partial charge in [-0.25, -0.2) is 9.59 Å². The van der Waals surface area contributed by atoms with E-state index in [1.165, 1.54) is 11.1 Å². The number of carbonyl (C=O) groups excluding carboxylic acids is 2. The van der Waals surface area contributed by atoms with Gasteiger partial charge in [0, 0.05) is 38.1 Å². The van der Waals surface area contributed by atoms with Crippen LogP contribution in [0, 0.1) is 13.8 Å². The number of carbonyl (C=O) groups is 2. The van der Waals surface area contributed by atoms with Gasteiger partial charge >= 0.3 is 12.2 Å². The minimum absolute atomic E-state index is 0.383. The van der Waals surface area contributed by atoms with Crippen molar-refractivity contribution >= 4 is 18.5 Å². The average molecular weight is 553 g/mol. The number of hydrogen-bond donors (Lipinski definition) is 1. The van der Waals surface area contributed by atoms with Crippen LogP contribution in [0.15, 0.2) is 41.7 Å². The molecule has 1 saturated heterocycles. The van der Waals surface area contributed by atoms with E-state index < -0.39 is 23.4 Å². The molecule has 0 spiro atoms. The van der Waals surface area contributed by atoms with Crippen molar-refractivity contribution in [1.82, 2.24) is 25.1 Å². The first-order valence-corrected chi connectivity index (χ1v) is 13.8. The first kappa shape index (κ1) is 31.2. The summed E-state index contributed by atoms with van der Waals surface area (Å²) in [5, 5.41) is 2.32. The van der Waals surface area contributed by atoms with Crippen LogP contribution in [0.1, 0.15) is 70.0 Å². The molecule has 1 aliphatic heterocycles. The van der Waals surface area contributed by atoms with Crippen LogP contribution in [0.5, 0.6) is 0 Å². The van der Waals surface area contributed by atoms with Crippen LogP contribution in [0.2, 0.25) is 0 Å². The monoisotopic (exact) mass is 552 g/mol. The molecule has 218 valence electrons. The van der Waals surface area contributed by atoms with Gasteiger partial charge in [0.2, 0.25) is 0 Å². The summed E-state index contributed by atoms with van der Waals surface area (Å²) in [5.41, 5.74) is 3.18. The number of likely N-dealkylation sites (tertiary alicyclic amines) is 1. The minimum Gasteiger partial charge on any atom is -0.444 e. The Hall–Kier alpha value is -3.37. The molecule has 0 aromatic carbocycles. The van der Waals surface area contributed by atoms with Crippen molar-refractivity contribution in [2.75, 3.05) is 19.6 Å². The molecule has 0 bridgehead atoms. The largest absolute Gasteiger partial charge is 0.444 e. The van der Waals surface area contributed by atoms with Gasteiger partial charge in [-0.15, -0.1) is 0 Å². The second-order valence-corrected chi connectivity index (χ2v) is 12.0. The third-order valence-electron chi connectivity index (χ3n) is 6.73. The van der Waals surface area contributed by atoms with Crippen molar-refractivity contribution in [1.29, 1.82) is 0 Å². The highest BCUT2D eigenvalue weighted by Gasteiger charge is 2.31. The van der Waals surface area contributed by atoms with Gasteiger partial charge in [-0.3, -0.25) is 25.1 Å². The standard InChI is InChI=1S/C30H44N6O4/c1-22-10-8-14-31-25(22)18-36(19-26-23(2)11-9-15-32-26)24-12-16-35(17-13-24)20-30(6,7)40-28(38)34-21-33-27(37)39-29(3,4)5/h8-11,14-15,21,24H,12-13,16-20H2,1-7H3,(H,33,34,37,38). The molecule has 2 aromatic rings.